The molecule has 0 radical (unpaired) electrons. The summed E-state index contributed by atoms with van der Waals surface area (Å²) in [6.45, 7) is 38.1. The third-order valence-corrected chi connectivity index (χ3v) is 40.4. The Bertz CT molecular complexity index is 2100. The molecule has 0 saturated carbocycles. The van der Waals surface area contributed by atoms with Gasteiger partial charge in [-0.15, -0.1) is 0 Å². The van der Waals surface area contributed by atoms with E-state index < -0.39 is 32.6 Å². The zero-order valence-electron chi connectivity index (χ0n) is 36.6. The molecule has 0 aliphatic heterocycles. The predicted molar refractivity (Wildman–Crippen MR) is 251 cm³/mol. The van der Waals surface area contributed by atoms with E-state index in [0.717, 1.165) is 4.95 Å². The average Bonchev–Trinajstić information content (AvgIpc) is 3.70. The summed E-state index contributed by atoms with van der Waals surface area (Å²) in [5, 5.41) is 0. The first kappa shape index (κ1) is 42.9. The minimum atomic E-state index is -5.35. The number of halogens is 2. The van der Waals surface area contributed by atoms with Crippen LogP contribution in [-0.4, -0.2) is 25.6 Å². The molecule has 4 aromatic carbocycles. The van der Waals surface area contributed by atoms with Gasteiger partial charge >= 0.3 is 348 Å². The van der Waals surface area contributed by atoms with Gasteiger partial charge in [-0.3, -0.25) is 0 Å². The number of benzene rings is 4. The summed E-state index contributed by atoms with van der Waals surface area (Å²) in [6.07, 6.45) is 5.06. The normalized spacial score (nSPS) is 18.0. The van der Waals surface area contributed by atoms with Crippen LogP contribution in [0.4, 0.5) is 0 Å². The van der Waals surface area contributed by atoms with Gasteiger partial charge in [0.25, 0.3) is 0 Å². The molecular formula is C48H65BCl2NSi2Zr. The number of rotatable bonds is 10. The summed E-state index contributed by atoms with van der Waals surface area (Å²) in [6, 6.07) is 23.2. The summed E-state index contributed by atoms with van der Waals surface area (Å²) in [7, 11) is 14.6. The van der Waals surface area contributed by atoms with E-state index in [1.807, 2.05) is 0 Å². The van der Waals surface area contributed by atoms with Gasteiger partial charge in [0.1, 0.15) is 0 Å². The van der Waals surface area contributed by atoms with E-state index in [4.69, 9.17) is 0 Å². The van der Waals surface area contributed by atoms with Gasteiger partial charge in [0, 0.05) is 0 Å². The Labute approximate surface area is 345 Å². The van der Waals surface area contributed by atoms with Crippen LogP contribution in [0.2, 0.25) is 39.3 Å². The number of nitrogens with zero attached hydrogens (tertiary/aromatic N) is 1. The molecule has 2 aliphatic carbocycles. The number of hydrogen-bond acceptors (Lipinski definition) is 1. The Morgan fingerprint density at radius 1 is 0.527 bits per heavy atom. The Hall–Kier alpha value is -1.72. The maximum absolute atomic E-state index is 9.19. The van der Waals surface area contributed by atoms with Gasteiger partial charge in [-0.25, -0.2) is 0 Å². The second-order valence-corrected chi connectivity index (χ2v) is 51.9. The van der Waals surface area contributed by atoms with Gasteiger partial charge < -0.3 is 0 Å². The average molecular weight is 885 g/mol. The summed E-state index contributed by atoms with van der Waals surface area (Å²) in [5.74, 6) is 0.584. The molecule has 0 spiro atoms. The van der Waals surface area contributed by atoms with Crippen molar-refractivity contribution in [3.63, 3.8) is 0 Å². The van der Waals surface area contributed by atoms with Crippen LogP contribution in [0.15, 0.2) is 71.8 Å². The van der Waals surface area contributed by atoms with E-state index in [9.17, 15) is 17.0 Å². The van der Waals surface area contributed by atoms with Crippen LogP contribution in [0.5, 0.6) is 0 Å². The molecule has 0 bridgehead atoms. The second kappa shape index (κ2) is 14.8. The molecular weight excluding hydrogens is 820 g/mol. The number of fused-ring (bicyclic) bond motifs is 2. The number of hydrogen-bond donors (Lipinski definition) is 0. The molecule has 55 heavy (non-hydrogen) atoms. The van der Waals surface area contributed by atoms with E-state index >= 15 is 0 Å². The third kappa shape index (κ3) is 7.33. The molecule has 2 aliphatic rings. The zero-order valence-corrected chi connectivity index (χ0v) is 42.6. The summed E-state index contributed by atoms with van der Waals surface area (Å²) in [5.41, 5.74) is 21.5. The SMILES string of the molecule is Cc1ccc(-c2cccc3c2C=C(C(C)C)[CH]3[Zr]([Cl])([Cl])([BH]N([Si](C)(C)C)[Si](C)(C)C)[CH]2C(C(C)C)=Cc3c(-c4ccc(C)c(C)c4C)cccc32)c(C)c1C. The van der Waals surface area contributed by atoms with E-state index in [1.54, 1.807) is 0 Å². The molecule has 4 aromatic rings. The van der Waals surface area contributed by atoms with Crippen molar-refractivity contribution in [1.29, 1.82) is 0 Å². The van der Waals surface area contributed by atoms with E-state index in [-0.39, 0.29) is 7.25 Å². The van der Waals surface area contributed by atoms with Crippen LogP contribution < -0.4 is 0 Å². The summed E-state index contributed by atoms with van der Waals surface area (Å²) in [4.78, 5) is 0.804. The van der Waals surface area contributed by atoms with Gasteiger partial charge in [-0.1, -0.05) is 0 Å². The quantitative estimate of drug-likeness (QED) is 0.143. The molecule has 1 nitrogen and oxygen atoms in total. The van der Waals surface area contributed by atoms with E-state index in [1.165, 1.54) is 89.0 Å². The maximum atomic E-state index is 9.19. The molecule has 7 heteroatoms. The fourth-order valence-electron chi connectivity index (χ4n) is 10.3. The first-order chi connectivity index (χ1) is 25.4. The molecule has 0 saturated heterocycles. The first-order valence-corrected chi connectivity index (χ1v) is 38.4. The summed E-state index contributed by atoms with van der Waals surface area (Å²) >= 11 is -5.35. The number of allylic oxidation sites excluding steroid dienone is 2. The van der Waals surface area contributed by atoms with Crippen LogP contribution >= 0.6 is 17.0 Å². The van der Waals surface area contributed by atoms with Crippen LogP contribution in [0, 0.1) is 53.4 Å². The van der Waals surface area contributed by atoms with Crippen LogP contribution in [0.25, 0.3) is 34.4 Å². The standard InChI is InChI=1S/2C21H23.C6H19BNSi2.2ClH.Zr/c2*1-13(2)18-11-17-7-6-8-20(21(17)12-18)19-10-9-14(3)15(4)16(19)5;1-9(2,3)8(7)10(4,5)6;;;/h2*6-13H,1-5H3;7H,1-6H3;2*1H;/q;;+1;;;+1/p-2. The van der Waals surface area contributed by atoms with Gasteiger partial charge in [0.15, 0.2) is 0 Å². The molecule has 0 aromatic heterocycles. The monoisotopic (exact) mass is 882 g/mol. The van der Waals surface area contributed by atoms with Crippen molar-refractivity contribution in [2.75, 3.05) is 0 Å². The van der Waals surface area contributed by atoms with Gasteiger partial charge in [-0.2, -0.15) is 0 Å². The van der Waals surface area contributed by atoms with Gasteiger partial charge in [0.2, 0.25) is 0 Å². The van der Waals surface area contributed by atoms with Crippen molar-refractivity contribution >= 4 is 50.6 Å². The van der Waals surface area contributed by atoms with Crippen molar-refractivity contribution in [2.24, 2.45) is 11.8 Å². The Morgan fingerprint density at radius 2 is 0.891 bits per heavy atom. The second-order valence-electron chi connectivity index (χ2n) is 19.7. The van der Waals surface area contributed by atoms with Crippen LogP contribution in [0.1, 0.15) is 90.6 Å². The van der Waals surface area contributed by atoms with Crippen LogP contribution in [-0.2, 0) is 16.2 Å². The molecule has 2 unspecified atom stereocenters. The molecule has 0 amide bonds. The van der Waals surface area contributed by atoms with Gasteiger partial charge in [0.05, 0.1) is 0 Å². The molecule has 0 fully saturated rings. The molecule has 0 N–H and O–H groups in total. The topological polar surface area (TPSA) is 3.24 Å². The van der Waals surface area contributed by atoms with Crippen LogP contribution in [0.3, 0.4) is 0 Å². The Morgan fingerprint density at radius 3 is 1.22 bits per heavy atom. The summed E-state index contributed by atoms with van der Waals surface area (Å²) < 4.78 is 2.89. The van der Waals surface area contributed by atoms with Crippen molar-refractivity contribution in [2.45, 2.75) is 116 Å². The third-order valence-electron chi connectivity index (χ3n) is 13.5. The fourth-order valence-corrected chi connectivity index (χ4v) is 52.8. The first-order valence-electron chi connectivity index (χ1n) is 20.6. The van der Waals surface area contributed by atoms with Crippen molar-refractivity contribution < 1.29 is 16.2 Å². The zero-order chi connectivity index (χ0) is 40.8. The predicted octanol–water partition coefficient (Wildman–Crippen LogP) is 15.0. The molecule has 0 heterocycles. The number of aryl methyl sites for hydroxylation is 2. The Kier molecular flexibility index (Phi) is 11.6. The van der Waals surface area contributed by atoms with Crippen molar-refractivity contribution in [3.05, 3.63) is 127 Å². The van der Waals surface area contributed by atoms with Gasteiger partial charge in [-0.05, 0) is 0 Å². The molecule has 2 atom stereocenters. The van der Waals surface area contributed by atoms with E-state index in [2.05, 4.69) is 185 Å². The Balaban J connectivity index is 1.71. The van der Waals surface area contributed by atoms with Crippen molar-refractivity contribution in [3.8, 4) is 22.3 Å². The molecule has 291 valence electrons. The molecule has 6 rings (SSSR count). The minimum absolute atomic E-state index is 0.0214. The van der Waals surface area contributed by atoms with Crippen molar-refractivity contribution in [1.82, 2.24) is 4.14 Å². The fraction of sp³-hybridized carbons (Fsp3) is 0.417. The van der Waals surface area contributed by atoms with E-state index in [0.29, 0.717) is 11.8 Å².